The predicted octanol–water partition coefficient (Wildman–Crippen LogP) is 9.43. The minimum Gasteiger partial charge on any atom is -0.0651 e. The van der Waals surface area contributed by atoms with E-state index in [4.69, 9.17) is 0 Å². The fraction of sp³-hybridized carbons (Fsp3) is 0.0909. The maximum Gasteiger partial charge on any atom is -0.00266 e. The van der Waals surface area contributed by atoms with Crippen molar-refractivity contribution in [3.63, 3.8) is 0 Å². The van der Waals surface area contributed by atoms with Crippen LogP contribution in [0.4, 0.5) is 0 Å². The zero-order chi connectivity index (χ0) is 22.2. The first kappa shape index (κ1) is 19.8. The van der Waals surface area contributed by atoms with Crippen molar-refractivity contribution in [1.29, 1.82) is 0 Å². The molecule has 0 bridgehead atoms. The highest BCUT2D eigenvalue weighted by molar-refractivity contribution is 6.15. The lowest BCUT2D eigenvalue weighted by Crippen LogP contribution is -1.93. The second kappa shape index (κ2) is 8.22. The standard InChI is InChI=1S/C33H26/c1-2-10-28-29-14-5-7-16-31(29)33(32-17-8-6-15-30(28)32)25-21-19-24(20-22-25)27-18-9-12-23-11-3-4-13-26(23)27/h3-9,11-22H,2,10H2,1H3. The molecule has 0 spiro atoms. The normalized spacial score (nSPS) is 11.4. The van der Waals surface area contributed by atoms with Crippen LogP contribution in [0.15, 0.2) is 115 Å². The highest BCUT2D eigenvalue weighted by atomic mass is 14.2. The van der Waals surface area contributed by atoms with Gasteiger partial charge in [-0.2, -0.15) is 0 Å². The van der Waals surface area contributed by atoms with E-state index in [1.807, 2.05) is 0 Å². The molecule has 0 amide bonds. The van der Waals surface area contributed by atoms with Gasteiger partial charge < -0.3 is 0 Å². The van der Waals surface area contributed by atoms with Crippen molar-refractivity contribution in [3.05, 3.63) is 121 Å². The molecule has 6 aromatic carbocycles. The van der Waals surface area contributed by atoms with Crippen LogP contribution in [-0.2, 0) is 6.42 Å². The van der Waals surface area contributed by atoms with Crippen molar-refractivity contribution in [1.82, 2.24) is 0 Å². The number of benzene rings is 6. The van der Waals surface area contributed by atoms with Gasteiger partial charge in [0.05, 0.1) is 0 Å². The van der Waals surface area contributed by atoms with Gasteiger partial charge in [-0.15, -0.1) is 0 Å². The summed E-state index contributed by atoms with van der Waals surface area (Å²) >= 11 is 0. The van der Waals surface area contributed by atoms with E-state index in [1.54, 1.807) is 0 Å². The number of hydrogen-bond acceptors (Lipinski definition) is 0. The van der Waals surface area contributed by atoms with Crippen LogP contribution in [-0.4, -0.2) is 0 Å². The van der Waals surface area contributed by atoms with Crippen molar-refractivity contribution in [2.45, 2.75) is 19.8 Å². The summed E-state index contributed by atoms with van der Waals surface area (Å²) in [4.78, 5) is 0. The molecule has 0 aromatic heterocycles. The Kier molecular flexibility index (Phi) is 4.92. The third-order valence-electron chi connectivity index (χ3n) is 6.82. The van der Waals surface area contributed by atoms with Crippen LogP contribution in [0.5, 0.6) is 0 Å². The monoisotopic (exact) mass is 422 g/mol. The molecule has 0 radical (unpaired) electrons. The Morgan fingerprint density at radius 1 is 0.455 bits per heavy atom. The van der Waals surface area contributed by atoms with Crippen LogP contribution >= 0.6 is 0 Å². The van der Waals surface area contributed by atoms with Crippen molar-refractivity contribution < 1.29 is 0 Å². The summed E-state index contributed by atoms with van der Waals surface area (Å²) in [6.07, 6.45) is 2.24. The Balaban J connectivity index is 1.58. The van der Waals surface area contributed by atoms with E-state index in [0.717, 1.165) is 12.8 Å². The Labute approximate surface area is 195 Å². The van der Waals surface area contributed by atoms with Gasteiger partial charge in [-0.25, -0.2) is 0 Å². The molecule has 0 fully saturated rings. The molecule has 0 aliphatic rings. The number of hydrogen-bond donors (Lipinski definition) is 0. The van der Waals surface area contributed by atoms with Crippen molar-refractivity contribution in [3.8, 4) is 22.3 Å². The summed E-state index contributed by atoms with van der Waals surface area (Å²) in [6.45, 7) is 2.27. The topological polar surface area (TPSA) is 0 Å². The third-order valence-corrected chi connectivity index (χ3v) is 6.82. The smallest absolute Gasteiger partial charge is 0.00266 e. The zero-order valence-corrected chi connectivity index (χ0v) is 18.9. The average Bonchev–Trinajstić information content (AvgIpc) is 2.89. The number of rotatable bonds is 4. The predicted molar refractivity (Wildman–Crippen MR) is 144 cm³/mol. The lowest BCUT2D eigenvalue weighted by Gasteiger charge is -2.17. The minimum absolute atomic E-state index is 1.10. The molecule has 0 heteroatoms. The van der Waals surface area contributed by atoms with E-state index in [0.29, 0.717) is 0 Å². The Morgan fingerprint density at radius 2 is 0.970 bits per heavy atom. The van der Waals surface area contributed by atoms with Gasteiger partial charge in [-0.3, -0.25) is 0 Å². The second-order valence-corrected chi connectivity index (χ2v) is 8.80. The maximum atomic E-state index is 2.30. The molecule has 0 unspecified atom stereocenters. The Morgan fingerprint density at radius 3 is 1.61 bits per heavy atom. The van der Waals surface area contributed by atoms with Crippen LogP contribution in [0, 0.1) is 0 Å². The van der Waals surface area contributed by atoms with Crippen LogP contribution in [0.2, 0.25) is 0 Å². The van der Waals surface area contributed by atoms with Gasteiger partial charge >= 0.3 is 0 Å². The van der Waals surface area contributed by atoms with Crippen molar-refractivity contribution >= 4 is 32.3 Å². The molecule has 0 heterocycles. The molecule has 158 valence electrons. The van der Waals surface area contributed by atoms with Crippen LogP contribution < -0.4 is 0 Å². The summed E-state index contributed by atoms with van der Waals surface area (Å²) in [5.74, 6) is 0. The molecule has 0 nitrogen and oxygen atoms in total. The summed E-state index contributed by atoms with van der Waals surface area (Å²) in [5.41, 5.74) is 6.62. The lowest BCUT2D eigenvalue weighted by molar-refractivity contribution is 0.936. The summed E-state index contributed by atoms with van der Waals surface area (Å²) < 4.78 is 0. The maximum absolute atomic E-state index is 2.30. The third kappa shape index (κ3) is 3.31. The molecule has 33 heavy (non-hydrogen) atoms. The molecular formula is C33H26. The van der Waals surface area contributed by atoms with Crippen molar-refractivity contribution in [2.24, 2.45) is 0 Å². The fourth-order valence-electron chi connectivity index (χ4n) is 5.34. The summed E-state index contributed by atoms with van der Waals surface area (Å²) in [7, 11) is 0. The first-order valence-electron chi connectivity index (χ1n) is 11.9. The number of fused-ring (bicyclic) bond motifs is 3. The minimum atomic E-state index is 1.10. The average molecular weight is 423 g/mol. The van der Waals surface area contributed by atoms with Crippen LogP contribution in [0.3, 0.4) is 0 Å². The molecule has 0 N–H and O–H groups in total. The summed E-state index contributed by atoms with van der Waals surface area (Å²) in [6, 6.07) is 42.2. The van der Waals surface area contributed by atoms with Gasteiger partial charge in [-0.05, 0) is 66.6 Å². The quantitative estimate of drug-likeness (QED) is 0.248. The lowest BCUT2D eigenvalue weighted by atomic mass is 9.86. The molecule has 0 atom stereocenters. The van der Waals surface area contributed by atoms with Crippen molar-refractivity contribution in [2.75, 3.05) is 0 Å². The molecule has 6 rings (SSSR count). The van der Waals surface area contributed by atoms with Crippen LogP contribution in [0.1, 0.15) is 18.9 Å². The van der Waals surface area contributed by atoms with Gasteiger partial charge in [-0.1, -0.05) is 129 Å². The summed E-state index contributed by atoms with van der Waals surface area (Å²) in [5, 5.41) is 8.03. The Hall–Kier alpha value is -3.90. The van der Waals surface area contributed by atoms with Gasteiger partial charge in [0.1, 0.15) is 0 Å². The van der Waals surface area contributed by atoms with Gasteiger partial charge in [0, 0.05) is 0 Å². The van der Waals surface area contributed by atoms with Gasteiger partial charge in [0.2, 0.25) is 0 Å². The number of aryl methyl sites for hydroxylation is 1. The van der Waals surface area contributed by atoms with E-state index < -0.39 is 0 Å². The molecule has 0 saturated heterocycles. The largest absolute Gasteiger partial charge is 0.0651 e. The first-order chi connectivity index (χ1) is 16.3. The molecule has 0 aliphatic heterocycles. The van der Waals surface area contributed by atoms with Crippen LogP contribution in [0.25, 0.3) is 54.6 Å². The van der Waals surface area contributed by atoms with E-state index in [-0.39, 0.29) is 0 Å². The van der Waals surface area contributed by atoms with E-state index in [9.17, 15) is 0 Å². The SMILES string of the molecule is CCCc1c2ccccc2c(-c2ccc(-c3cccc4ccccc34)cc2)c2ccccc12. The van der Waals surface area contributed by atoms with E-state index in [2.05, 4.69) is 122 Å². The van der Waals surface area contributed by atoms with E-state index >= 15 is 0 Å². The molecule has 6 aromatic rings. The van der Waals surface area contributed by atoms with Gasteiger partial charge in [0.25, 0.3) is 0 Å². The highest BCUT2D eigenvalue weighted by Crippen LogP contribution is 2.40. The first-order valence-corrected chi connectivity index (χ1v) is 11.9. The molecular weight excluding hydrogens is 396 g/mol. The Bertz CT molecular complexity index is 1540. The fourth-order valence-corrected chi connectivity index (χ4v) is 5.34. The van der Waals surface area contributed by atoms with Gasteiger partial charge in [0.15, 0.2) is 0 Å². The zero-order valence-electron chi connectivity index (χ0n) is 18.9. The molecule has 0 saturated carbocycles. The van der Waals surface area contributed by atoms with E-state index in [1.165, 1.54) is 60.1 Å². The highest BCUT2D eigenvalue weighted by Gasteiger charge is 2.14. The molecule has 0 aliphatic carbocycles. The second-order valence-electron chi connectivity index (χ2n) is 8.80.